The molecular weight excluding hydrogens is 324 g/mol. The SMILES string of the molecule is Cn1c(C#N)nc2cc(C[C@H](NC(=O)OC(C)(C)C)C(=O)O)ccc21. The Morgan fingerprint density at radius 3 is 2.68 bits per heavy atom. The van der Waals surface area contributed by atoms with Crippen molar-refractivity contribution in [2.75, 3.05) is 0 Å². The molecule has 0 aliphatic heterocycles. The Hall–Kier alpha value is -3.08. The molecule has 0 radical (unpaired) electrons. The Morgan fingerprint density at radius 1 is 1.44 bits per heavy atom. The number of hydrogen-bond acceptors (Lipinski definition) is 5. The predicted molar refractivity (Wildman–Crippen MR) is 89.9 cm³/mol. The number of carbonyl (C=O) groups excluding carboxylic acids is 1. The van der Waals surface area contributed by atoms with Gasteiger partial charge in [0.2, 0.25) is 5.82 Å². The molecule has 1 heterocycles. The molecule has 0 bridgehead atoms. The third-order valence-electron chi connectivity index (χ3n) is 3.47. The van der Waals surface area contributed by atoms with Crippen LogP contribution >= 0.6 is 0 Å². The Balaban J connectivity index is 2.19. The van der Waals surface area contributed by atoms with Crippen molar-refractivity contribution in [1.29, 1.82) is 5.26 Å². The van der Waals surface area contributed by atoms with Gasteiger partial charge in [-0.2, -0.15) is 5.26 Å². The van der Waals surface area contributed by atoms with Crippen molar-refractivity contribution in [3.63, 3.8) is 0 Å². The Bertz CT molecular complexity index is 858. The van der Waals surface area contributed by atoms with Gasteiger partial charge in [0.1, 0.15) is 17.7 Å². The van der Waals surface area contributed by atoms with Crippen molar-refractivity contribution in [1.82, 2.24) is 14.9 Å². The molecule has 0 aliphatic carbocycles. The standard InChI is InChI=1S/C17H20N4O4/c1-17(2,3)25-16(24)20-12(15(22)23)8-10-5-6-13-11(7-10)19-14(9-18)21(13)4/h5-7,12H,8H2,1-4H3,(H,20,24)(H,22,23)/t12-/m0/s1. The lowest BCUT2D eigenvalue weighted by molar-refractivity contribution is -0.139. The van der Waals surface area contributed by atoms with Gasteiger partial charge < -0.3 is 19.7 Å². The topological polar surface area (TPSA) is 117 Å². The van der Waals surface area contributed by atoms with Crippen LogP contribution in [0.1, 0.15) is 32.2 Å². The molecule has 132 valence electrons. The highest BCUT2D eigenvalue weighted by Gasteiger charge is 2.24. The van der Waals surface area contributed by atoms with Gasteiger partial charge in [-0.1, -0.05) is 6.07 Å². The monoisotopic (exact) mass is 344 g/mol. The number of carboxylic acid groups (broad SMARTS) is 1. The zero-order valence-corrected chi connectivity index (χ0v) is 14.5. The van der Waals surface area contributed by atoms with Gasteiger partial charge in [-0.15, -0.1) is 0 Å². The number of nitriles is 1. The summed E-state index contributed by atoms with van der Waals surface area (Å²) in [6.07, 6.45) is -0.714. The van der Waals surface area contributed by atoms with E-state index in [1.807, 2.05) is 6.07 Å². The Morgan fingerprint density at radius 2 is 2.12 bits per heavy atom. The lowest BCUT2D eigenvalue weighted by atomic mass is 10.1. The van der Waals surface area contributed by atoms with Gasteiger partial charge in [-0.05, 0) is 38.5 Å². The third-order valence-corrected chi connectivity index (χ3v) is 3.47. The molecule has 8 nitrogen and oxygen atoms in total. The number of rotatable bonds is 4. The summed E-state index contributed by atoms with van der Waals surface area (Å²) in [7, 11) is 1.73. The molecule has 2 aromatic rings. The number of amides is 1. The van der Waals surface area contributed by atoms with E-state index in [1.54, 1.807) is 50.6 Å². The van der Waals surface area contributed by atoms with E-state index in [0.717, 1.165) is 5.52 Å². The molecule has 0 unspecified atom stereocenters. The molecular formula is C17H20N4O4. The third kappa shape index (κ3) is 4.47. The van der Waals surface area contributed by atoms with Gasteiger partial charge in [0, 0.05) is 13.5 Å². The van der Waals surface area contributed by atoms with Crippen LogP contribution in [0.5, 0.6) is 0 Å². The maximum absolute atomic E-state index is 11.8. The molecule has 0 fully saturated rings. The van der Waals surface area contributed by atoms with Crippen LogP contribution in [0.15, 0.2) is 18.2 Å². The lowest BCUT2D eigenvalue weighted by Gasteiger charge is -2.22. The van der Waals surface area contributed by atoms with Crippen LogP contribution in [0.4, 0.5) is 4.79 Å². The summed E-state index contributed by atoms with van der Waals surface area (Å²) in [6.45, 7) is 5.10. The van der Waals surface area contributed by atoms with Crippen LogP contribution in [0.25, 0.3) is 11.0 Å². The fourth-order valence-corrected chi connectivity index (χ4v) is 2.36. The molecule has 1 aromatic carbocycles. The number of alkyl carbamates (subject to hydrolysis) is 1. The summed E-state index contributed by atoms with van der Waals surface area (Å²) < 4.78 is 6.75. The second-order valence-corrected chi connectivity index (χ2v) is 6.67. The zero-order valence-electron chi connectivity index (χ0n) is 14.5. The van der Waals surface area contributed by atoms with Crippen LogP contribution in [0.2, 0.25) is 0 Å². The number of nitrogens with zero attached hydrogens (tertiary/aromatic N) is 3. The summed E-state index contributed by atoms with van der Waals surface area (Å²) in [5, 5.41) is 20.7. The molecule has 1 aromatic heterocycles. The number of aromatic nitrogens is 2. The normalized spacial score (nSPS) is 12.4. The van der Waals surface area contributed by atoms with Crippen molar-refractivity contribution in [3.05, 3.63) is 29.6 Å². The van der Waals surface area contributed by atoms with E-state index in [1.165, 1.54) is 0 Å². The van der Waals surface area contributed by atoms with Crippen molar-refractivity contribution >= 4 is 23.1 Å². The Labute approximate surface area is 145 Å². The van der Waals surface area contributed by atoms with Gasteiger partial charge in [0.05, 0.1) is 11.0 Å². The van der Waals surface area contributed by atoms with E-state index in [-0.39, 0.29) is 12.2 Å². The Kier molecular flexibility index (Phi) is 4.97. The number of carboxylic acids is 1. The maximum Gasteiger partial charge on any atom is 0.408 e. The first kappa shape index (κ1) is 18.3. The summed E-state index contributed by atoms with van der Waals surface area (Å²) in [5.74, 6) is -0.890. The second-order valence-electron chi connectivity index (χ2n) is 6.67. The van der Waals surface area contributed by atoms with Gasteiger partial charge in [-0.25, -0.2) is 14.6 Å². The van der Waals surface area contributed by atoms with Crippen LogP contribution in [-0.2, 0) is 23.0 Å². The fraction of sp³-hybridized carbons (Fsp3) is 0.412. The van der Waals surface area contributed by atoms with Crippen LogP contribution in [0, 0.1) is 11.3 Å². The number of aryl methyl sites for hydroxylation is 1. The highest BCUT2D eigenvalue weighted by atomic mass is 16.6. The molecule has 0 spiro atoms. The van der Waals surface area contributed by atoms with E-state index in [2.05, 4.69) is 10.3 Å². The second kappa shape index (κ2) is 6.81. The largest absolute Gasteiger partial charge is 0.480 e. The van der Waals surface area contributed by atoms with E-state index in [4.69, 9.17) is 10.00 Å². The molecule has 1 atom stereocenters. The molecule has 8 heteroatoms. The quantitative estimate of drug-likeness (QED) is 0.875. The van der Waals surface area contributed by atoms with Crippen LogP contribution < -0.4 is 5.32 Å². The van der Waals surface area contributed by atoms with Crippen molar-refractivity contribution in [2.24, 2.45) is 7.05 Å². The smallest absolute Gasteiger partial charge is 0.408 e. The number of hydrogen-bond donors (Lipinski definition) is 2. The van der Waals surface area contributed by atoms with E-state index in [9.17, 15) is 14.7 Å². The summed E-state index contributed by atoms with van der Waals surface area (Å²) in [5.41, 5.74) is 1.33. The minimum absolute atomic E-state index is 0.0724. The molecule has 2 N–H and O–H groups in total. The summed E-state index contributed by atoms with van der Waals surface area (Å²) in [4.78, 5) is 27.4. The number of aliphatic carboxylic acids is 1. The fourth-order valence-electron chi connectivity index (χ4n) is 2.36. The van der Waals surface area contributed by atoms with Crippen LogP contribution in [-0.4, -0.2) is 38.4 Å². The number of fused-ring (bicyclic) bond motifs is 1. The van der Waals surface area contributed by atoms with E-state index in [0.29, 0.717) is 11.1 Å². The van der Waals surface area contributed by atoms with Crippen molar-refractivity contribution in [2.45, 2.75) is 38.8 Å². The summed E-state index contributed by atoms with van der Waals surface area (Å²) in [6, 6.07) is 6.09. The van der Waals surface area contributed by atoms with Crippen molar-refractivity contribution in [3.8, 4) is 6.07 Å². The number of ether oxygens (including phenoxy) is 1. The number of imidazole rings is 1. The summed E-state index contributed by atoms with van der Waals surface area (Å²) >= 11 is 0. The first-order valence-electron chi connectivity index (χ1n) is 7.68. The average Bonchev–Trinajstić information content (AvgIpc) is 2.80. The minimum Gasteiger partial charge on any atom is -0.480 e. The molecule has 25 heavy (non-hydrogen) atoms. The highest BCUT2D eigenvalue weighted by Crippen LogP contribution is 2.18. The lowest BCUT2D eigenvalue weighted by Crippen LogP contribution is -2.44. The predicted octanol–water partition coefficient (Wildman–Crippen LogP) is 1.97. The maximum atomic E-state index is 11.8. The van der Waals surface area contributed by atoms with Gasteiger partial charge in [-0.3, -0.25) is 0 Å². The van der Waals surface area contributed by atoms with Gasteiger partial charge >= 0.3 is 12.1 Å². The van der Waals surface area contributed by atoms with E-state index >= 15 is 0 Å². The first-order chi connectivity index (χ1) is 11.6. The molecule has 2 rings (SSSR count). The molecule has 0 aliphatic rings. The van der Waals surface area contributed by atoms with Gasteiger partial charge in [0.25, 0.3) is 0 Å². The number of carbonyl (C=O) groups is 2. The molecule has 0 saturated heterocycles. The number of benzene rings is 1. The van der Waals surface area contributed by atoms with Gasteiger partial charge in [0.15, 0.2) is 0 Å². The highest BCUT2D eigenvalue weighted by molar-refractivity contribution is 5.81. The van der Waals surface area contributed by atoms with E-state index < -0.39 is 23.7 Å². The first-order valence-corrected chi connectivity index (χ1v) is 7.68. The van der Waals surface area contributed by atoms with Crippen molar-refractivity contribution < 1.29 is 19.4 Å². The number of nitrogens with one attached hydrogen (secondary N) is 1. The average molecular weight is 344 g/mol. The zero-order chi connectivity index (χ0) is 18.8. The minimum atomic E-state index is -1.16. The molecule has 0 saturated carbocycles. The van der Waals surface area contributed by atoms with Crippen LogP contribution in [0.3, 0.4) is 0 Å². The molecule has 1 amide bonds.